The molecule has 0 aromatic heterocycles. The highest BCUT2D eigenvalue weighted by molar-refractivity contribution is 6.51. The van der Waals surface area contributed by atoms with E-state index in [1.807, 2.05) is 38.1 Å². The number of rotatable bonds is 9. The van der Waals surface area contributed by atoms with E-state index in [4.69, 9.17) is 9.47 Å². The van der Waals surface area contributed by atoms with Crippen LogP contribution in [-0.4, -0.2) is 30.5 Å². The average molecular weight is 500 g/mol. The molecule has 6 heteroatoms. The summed E-state index contributed by atoms with van der Waals surface area (Å²) < 4.78 is 11.2. The summed E-state index contributed by atoms with van der Waals surface area (Å²) in [5.74, 6) is -0.368. The molecular weight excluding hydrogens is 466 g/mol. The van der Waals surface area contributed by atoms with Gasteiger partial charge in [-0.05, 0) is 85.5 Å². The van der Waals surface area contributed by atoms with Crippen LogP contribution in [0.5, 0.6) is 11.5 Å². The fraction of sp³-hybridized carbons (Fsp3) is 0.290. The van der Waals surface area contributed by atoms with Crippen molar-refractivity contribution in [3.05, 3.63) is 94.6 Å². The second kappa shape index (κ2) is 11.3. The fourth-order valence-corrected chi connectivity index (χ4v) is 4.51. The molecule has 1 N–H and O–H groups in total. The molecule has 1 aliphatic heterocycles. The van der Waals surface area contributed by atoms with Crippen LogP contribution < -0.4 is 14.4 Å². The lowest BCUT2D eigenvalue weighted by atomic mass is 9.94. The third-order valence-corrected chi connectivity index (χ3v) is 6.77. The first kappa shape index (κ1) is 26.0. The number of ketones is 1. The molecule has 0 bridgehead atoms. The van der Waals surface area contributed by atoms with Gasteiger partial charge in [0.05, 0.1) is 25.3 Å². The Morgan fingerprint density at radius 3 is 2.35 bits per heavy atom. The Bertz CT molecular complexity index is 1330. The van der Waals surface area contributed by atoms with Crippen LogP contribution in [0.25, 0.3) is 5.76 Å². The third-order valence-electron chi connectivity index (χ3n) is 6.77. The molecule has 1 unspecified atom stereocenters. The van der Waals surface area contributed by atoms with Crippen molar-refractivity contribution in [3.8, 4) is 11.5 Å². The monoisotopic (exact) mass is 499 g/mol. The van der Waals surface area contributed by atoms with Crippen molar-refractivity contribution in [1.29, 1.82) is 0 Å². The van der Waals surface area contributed by atoms with Crippen molar-refractivity contribution in [2.75, 3.05) is 18.6 Å². The normalized spacial score (nSPS) is 16.8. The highest BCUT2D eigenvalue weighted by Gasteiger charge is 2.47. The summed E-state index contributed by atoms with van der Waals surface area (Å²) in [6.07, 6.45) is 3.19. The molecule has 192 valence electrons. The van der Waals surface area contributed by atoms with Crippen molar-refractivity contribution in [2.45, 2.75) is 46.1 Å². The number of aliphatic hydroxyl groups excluding tert-OH is 1. The maximum Gasteiger partial charge on any atom is 0.300 e. The molecule has 3 aromatic rings. The average Bonchev–Trinajstić information content (AvgIpc) is 3.18. The van der Waals surface area contributed by atoms with E-state index in [0.29, 0.717) is 34.9 Å². The molecule has 4 rings (SSSR count). The highest BCUT2D eigenvalue weighted by atomic mass is 16.5. The number of amides is 1. The Morgan fingerprint density at radius 1 is 0.919 bits per heavy atom. The number of hydrogen-bond acceptors (Lipinski definition) is 5. The zero-order valence-corrected chi connectivity index (χ0v) is 21.8. The van der Waals surface area contributed by atoms with E-state index in [1.54, 1.807) is 49.6 Å². The van der Waals surface area contributed by atoms with Crippen LogP contribution in [0.2, 0.25) is 0 Å². The van der Waals surface area contributed by atoms with E-state index < -0.39 is 17.7 Å². The molecular formula is C31H33NO5. The zero-order valence-electron chi connectivity index (χ0n) is 21.8. The molecule has 1 saturated heterocycles. The van der Waals surface area contributed by atoms with Crippen LogP contribution in [0.15, 0.2) is 72.3 Å². The van der Waals surface area contributed by atoms with Crippen molar-refractivity contribution in [3.63, 3.8) is 0 Å². The highest BCUT2D eigenvalue weighted by Crippen LogP contribution is 2.43. The summed E-state index contributed by atoms with van der Waals surface area (Å²) in [7, 11) is 1.56. The minimum atomic E-state index is -0.817. The van der Waals surface area contributed by atoms with Crippen LogP contribution in [0, 0.1) is 13.8 Å². The fourth-order valence-electron chi connectivity index (χ4n) is 4.51. The van der Waals surface area contributed by atoms with Gasteiger partial charge in [-0.1, -0.05) is 38.0 Å². The Labute approximate surface area is 218 Å². The number of Topliss-reactive ketones (excluding diaryl/α,β-unsaturated/α-hetero) is 1. The van der Waals surface area contributed by atoms with Crippen LogP contribution >= 0.6 is 0 Å². The Hall–Kier alpha value is -4.06. The summed E-state index contributed by atoms with van der Waals surface area (Å²) >= 11 is 0. The minimum Gasteiger partial charge on any atom is -0.507 e. The number of aliphatic hydroxyl groups is 1. The van der Waals surface area contributed by atoms with Gasteiger partial charge in [-0.25, -0.2) is 0 Å². The molecule has 37 heavy (non-hydrogen) atoms. The lowest BCUT2D eigenvalue weighted by Crippen LogP contribution is -2.29. The van der Waals surface area contributed by atoms with Crippen LogP contribution in [0.4, 0.5) is 5.69 Å². The molecule has 1 atom stereocenters. The van der Waals surface area contributed by atoms with Gasteiger partial charge in [0, 0.05) is 11.3 Å². The van der Waals surface area contributed by atoms with Crippen molar-refractivity contribution in [2.24, 2.45) is 0 Å². The van der Waals surface area contributed by atoms with Crippen LogP contribution in [0.1, 0.15) is 54.5 Å². The number of unbranched alkanes of at least 4 members (excludes halogenated alkanes) is 2. The SMILES string of the molecule is CCCCCOc1ccc(/C(O)=C2\C(=O)C(=O)N(c3ccc(C)c(C)c3)C2c2cccc(OC)c2)cc1. The van der Waals surface area contributed by atoms with E-state index >= 15 is 0 Å². The van der Waals surface area contributed by atoms with Crippen molar-refractivity contribution >= 4 is 23.1 Å². The van der Waals surface area contributed by atoms with Crippen molar-refractivity contribution in [1.82, 2.24) is 0 Å². The topological polar surface area (TPSA) is 76.1 Å². The zero-order chi connectivity index (χ0) is 26.5. The van der Waals surface area contributed by atoms with E-state index in [1.165, 1.54) is 4.90 Å². The summed E-state index contributed by atoms with van der Waals surface area (Å²) in [4.78, 5) is 28.2. The van der Waals surface area contributed by atoms with Gasteiger partial charge in [-0.3, -0.25) is 14.5 Å². The maximum absolute atomic E-state index is 13.4. The number of carbonyl (C=O) groups excluding carboxylic acids is 2. The molecule has 0 aliphatic carbocycles. The number of carbonyl (C=O) groups is 2. The van der Waals surface area contributed by atoms with Gasteiger partial charge in [0.2, 0.25) is 0 Å². The van der Waals surface area contributed by atoms with E-state index in [9.17, 15) is 14.7 Å². The predicted octanol–water partition coefficient (Wildman–Crippen LogP) is 6.51. The second-order valence-electron chi connectivity index (χ2n) is 9.29. The largest absolute Gasteiger partial charge is 0.507 e. The van der Waals surface area contributed by atoms with Gasteiger partial charge < -0.3 is 14.6 Å². The minimum absolute atomic E-state index is 0.0353. The first-order valence-electron chi connectivity index (χ1n) is 12.6. The molecule has 1 heterocycles. The van der Waals surface area contributed by atoms with Gasteiger partial charge >= 0.3 is 0 Å². The van der Waals surface area contributed by atoms with Gasteiger partial charge in [0.15, 0.2) is 0 Å². The summed E-state index contributed by atoms with van der Waals surface area (Å²) in [6.45, 7) is 6.71. The lowest BCUT2D eigenvalue weighted by Gasteiger charge is -2.26. The molecule has 1 amide bonds. The van der Waals surface area contributed by atoms with Gasteiger partial charge in [-0.15, -0.1) is 0 Å². The Morgan fingerprint density at radius 2 is 1.68 bits per heavy atom. The molecule has 0 spiro atoms. The van der Waals surface area contributed by atoms with Crippen molar-refractivity contribution < 1.29 is 24.2 Å². The number of hydrogen-bond donors (Lipinski definition) is 1. The lowest BCUT2D eigenvalue weighted by molar-refractivity contribution is -0.132. The van der Waals surface area contributed by atoms with Gasteiger partial charge in [0.25, 0.3) is 11.7 Å². The Kier molecular flexibility index (Phi) is 7.97. The molecule has 3 aromatic carbocycles. The molecule has 1 aliphatic rings. The standard InChI is InChI=1S/C31H33NO5/c1-5-6-7-17-37-25-15-12-22(13-16-25)29(33)27-28(23-9-8-10-26(19-23)36-4)32(31(35)30(27)34)24-14-11-20(2)21(3)18-24/h8-16,18-19,28,33H,5-7,17H2,1-4H3/b29-27+. The number of methoxy groups -OCH3 is 1. The first-order valence-corrected chi connectivity index (χ1v) is 12.6. The number of benzene rings is 3. The third kappa shape index (κ3) is 5.38. The van der Waals surface area contributed by atoms with E-state index in [2.05, 4.69) is 6.92 Å². The number of ether oxygens (including phenoxy) is 2. The van der Waals surface area contributed by atoms with Gasteiger partial charge in [0.1, 0.15) is 17.3 Å². The maximum atomic E-state index is 13.4. The predicted molar refractivity (Wildman–Crippen MR) is 145 cm³/mol. The molecule has 1 fully saturated rings. The van der Waals surface area contributed by atoms with Crippen LogP contribution in [0.3, 0.4) is 0 Å². The van der Waals surface area contributed by atoms with Gasteiger partial charge in [-0.2, -0.15) is 0 Å². The molecule has 0 saturated carbocycles. The number of aryl methyl sites for hydroxylation is 2. The van der Waals surface area contributed by atoms with E-state index in [0.717, 1.165) is 30.4 Å². The molecule has 0 radical (unpaired) electrons. The first-order chi connectivity index (χ1) is 17.8. The van der Waals surface area contributed by atoms with Crippen LogP contribution in [-0.2, 0) is 9.59 Å². The number of anilines is 1. The Balaban J connectivity index is 1.79. The summed E-state index contributed by atoms with van der Waals surface area (Å²) in [6, 6.07) is 19.0. The molecule has 6 nitrogen and oxygen atoms in total. The summed E-state index contributed by atoms with van der Waals surface area (Å²) in [5.41, 5.74) is 3.80. The smallest absolute Gasteiger partial charge is 0.300 e. The number of nitrogens with zero attached hydrogens (tertiary/aromatic N) is 1. The van der Waals surface area contributed by atoms with E-state index in [-0.39, 0.29) is 11.3 Å². The quantitative estimate of drug-likeness (QED) is 0.157. The summed E-state index contributed by atoms with van der Waals surface area (Å²) in [5, 5.41) is 11.4. The second-order valence-corrected chi connectivity index (χ2v) is 9.29.